The lowest BCUT2D eigenvalue weighted by Gasteiger charge is -2.23. The number of allylic oxidation sites excluding steroid dienone is 2. The van der Waals surface area contributed by atoms with Gasteiger partial charge in [-0.05, 0) is 6.42 Å². The highest BCUT2D eigenvalue weighted by atomic mass is 32.1. The lowest BCUT2D eigenvalue weighted by atomic mass is 9.88. The van der Waals surface area contributed by atoms with Crippen molar-refractivity contribution in [3.05, 3.63) is 12.2 Å². The second kappa shape index (κ2) is 3.85. The standard InChI is InChI=1S/C8H9F2NS/c9-6-3-1-2-5(8(6)10)7(11)4-12/h1,3-6,8,11H,2H2. The third-order valence-corrected chi connectivity index (χ3v) is 2.18. The van der Waals surface area contributed by atoms with Crippen molar-refractivity contribution in [2.24, 2.45) is 5.92 Å². The summed E-state index contributed by atoms with van der Waals surface area (Å²) < 4.78 is 25.8. The Morgan fingerprint density at radius 1 is 1.58 bits per heavy atom. The number of halogens is 2. The number of hydrogen-bond donors (Lipinski definition) is 1. The third kappa shape index (κ3) is 1.75. The Kier molecular flexibility index (Phi) is 3.03. The van der Waals surface area contributed by atoms with Crippen molar-refractivity contribution in [1.29, 1.82) is 5.41 Å². The van der Waals surface area contributed by atoms with Gasteiger partial charge < -0.3 is 5.41 Å². The number of rotatable bonds is 2. The van der Waals surface area contributed by atoms with Gasteiger partial charge in [-0.3, -0.25) is 0 Å². The van der Waals surface area contributed by atoms with Crippen LogP contribution >= 0.6 is 12.2 Å². The average Bonchev–Trinajstić information content (AvgIpc) is 2.08. The SMILES string of the molecule is N=C(C=S)C1CC=CC(F)C1F. The number of hydrogen-bond acceptors (Lipinski definition) is 2. The van der Waals surface area contributed by atoms with Crippen molar-refractivity contribution in [3.8, 4) is 0 Å². The summed E-state index contributed by atoms with van der Waals surface area (Å²) in [5, 5.41) is 8.35. The molecule has 0 aromatic carbocycles. The average molecular weight is 189 g/mol. The number of nitrogens with one attached hydrogen (secondary N) is 1. The maximum absolute atomic E-state index is 13.0. The van der Waals surface area contributed by atoms with Gasteiger partial charge in [0.15, 0.2) is 0 Å². The van der Waals surface area contributed by atoms with E-state index < -0.39 is 18.3 Å². The van der Waals surface area contributed by atoms with Gasteiger partial charge in [0.1, 0.15) is 12.3 Å². The van der Waals surface area contributed by atoms with Crippen molar-refractivity contribution in [1.82, 2.24) is 0 Å². The van der Waals surface area contributed by atoms with Crippen LogP contribution in [0.15, 0.2) is 12.2 Å². The highest BCUT2D eigenvalue weighted by molar-refractivity contribution is 7.80. The summed E-state index contributed by atoms with van der Waals surface area (Å²) in [4.78, 5) is 0. The molecule has 0 saturated heterocycles. The van der Waals surface area contributed by atoms with Crippen molar-refractivity contribution in [3.63, 3.8) is 0 Å². The Hall–Kier alpha value is -0.640. The van der Waals surface area contributed by atoms with Gasteiger partial charge in [0.25, 0.3) is 0 Å². The van der Waals surface area contributed by atoms with Gasteiger partial charge >= 0.3 is 0 Å². The third-order valence-electron chi connectivity index (χ3n) is 1.92. The van der Waals surface area contributed by atoms with Crippen molar-refractivity contribution in [2.75, 3.05) is 0 Å². The molecule has 0 radical (unpaired) electrons. The molecule has 0 saturated carbocycles. The van der Waals surface area contributed by atoms with Crippen LogP contribution in [0.4, 0.5) is 8.78 Å². The minimum atomic E-state index is -1.61. The lowest BCUT2D eigenvalue weighted by molar-refractivity contribution is 0.162. The van der Waals surface area contributed by atoms with Crippen molar-refractivity contribution >= 4 is 23.3 Å². The van der Waals surface area contributed by atoms with Crippen LogP contribution < -0.4 is 0 Å². The normalized spacial score (nSPS) is 34.7. The molecule has 0 bridgehead atoms. The van der Waals surface area contributed by atoms with Gasteiger partial charge in [0.2, 0.25) is 0 Å². The predicted molar refractivity (Wildman–Crippen MR) is 48.4 cm³/mol. The van der Waals surface area contributed by atoms with E-state index in [9.17, 15) is 8.78 Å². The topological polar surface area (TPSA) is 23.9 Å². The highest BCUT2D eigenvalue weighted by Crippen LogP contribution is 2.25. The molecule has 12 heavy (non-hydrogen) atoms. The smallest absolute Gasteiger partial charge is 0.150 e. The molecule has 3 atom stereocenters. The van der Waals surface area contributed by atoms with Crippen molar-refractivity contribution in [2.45, 2.75) is 18.8 Å². The molecule has 0 aromatic heterocycles. The molecule has 0 heterocycles. The molecule has 66 valence electrons. The first kappa shape index (κ1) is 9.45. The van der Waals surface area contributed by atoms with Gasteiger partial charge in [-0.15, -0.1) is 0 Å². The number of alkyl halides is 2. The lowest BCUT2D eigenvalue weighted by Crippen LogP contribution is -2.33. The molecule has 0 aromatic rings. The summed E-state index contributed by atoms with van der Waals surface area (Å²) in [6, 6.07) is 0. The summed E-state index contributed by atoms with van der Waals surface area (Å²) >= 11 is 4.48. The Morgan fingerprint density at radius 2 is 2.25 bits per heavy atom. The van der Waals surface area contributed by atoms with E-state index in [1.54, 1.807) is 6.08 Å². The molecule has 1 N–H and O–H groups in total. The minimum Gasteiger partial charge on any atom is -0.304 e. The molecule has 0 fully saturated rings. The van der Waals surface area contributed by atoms with Gasteiger partial charge in [-0.2, -0.15) is 0 Å². The molecule has 3 unspecified atom stereocenters. The summed E-state index contributed by atoms with van der Waals surface area (Å²) in [6.45, 7) is 0. The molecule has 1 aliphatic carbocycles. The Labute approximate surface area is 75.0 Å². The van der Waals surface area contributed by atoms with E-state index in [1.807, 2.05) is 0 Å². The monoisotopic (exact) mass is 189 g/mol. The maximum Gasteiger partial charge on any atom is 0.150 e. The summed E-state index contributed by atoms with van der Waals surface area (Å²) in [6.07, 6.45) is -0.0785. The van der Waals surface area contributed by atoms with Gasteiger partial charge in [-0.25, -0.2) is 8.78 Å². The van der Waals surface area contributed by atoms with E-state index >= 15 is 0 Å². The molecular weight excluding hydrogens is 180 g/mol. The predicted octanol–water partition coefficient (Wildman–Crippen LogP) is 2.26. The Morgan fingerprint density at radius 3 is 2.83 bits per heavy atom. The van der Waals surface area contributed by atoms with Gasteiger partial charge in [0, 0.05) is 17.0 Å². The zero-order chi connectivity index (χ0) is 9.14. The van der Waals surface area contributed by atoms with Crippen LogP contribution in [0.5, 0.6) is 0 Å². The summed E-state index contributed by atoms with van der Waals surface area (Å²) in [7, 11) is 0. The van der Waals surface area contributed by atoms with E-state index in [1.165, 1.54) is 6.08 Å². The fourth-order valence-electron chi connectivity index (χ4n) is 1.20. The Bertz CT molecular complexity index is 227. The summed E-state index contributed by atoms with van der Waals surface area (Å²) in [5.74, 6) is -0.692. The number of thiocarbonyl (C=S) groups is 1. The second-order valence-corrected chi connectivity index (χ2v) is 2.97. The first-order valence-corrected chi connectivity index (χ1v) is 4.12. The first-order valence-electron chi connectivity index (χ1n) is 3.65. The van der Waals surface area contributed by atoms with Gasteiger partial charge in [0.05, 0.1) is 0 Å². The largest absolute Gasteiger partial charge is 0.304 e. The maximum atomic E-state index is 13.0. The van der Waals surface area contributed by atoms with Crippen LogP contribution in [0.3, 0.4) is 0 Å². The summed E-state index contributed by atoms with van der Waals surface area (Å²) in [5.41, 5.74) is 0.00417. The van der Waals surface area contributed by atoms with E-state index in [2.05, 4.69) is 12.2 Å². The van der Waals surface area contributed by atoms with Crippen LogP contribution in [-0.4, -0.2) is 23.4 Å². The quantitative estimate of drug-likeness (QED) is 0.402. The fraction of sp³-hybridized carbons (Fsp3) is 0.500. The van der Waals surface area contributed by atoms with E-state index in [4.69, 9.17) is 5.41 Å². The van der Waals surface area contributed by atoms with Crippen LogP contribution in [0, 0.1) is 11.3 Å². The molecule has 0 aliphatic heterocycles. The van der Waals surface area contributed by atoms with Crippen LogP contribution in [0.25, 0.3) is 0 Å². The Balaban J connectivity index is 2.73. The van der Waals surface area contributed by atoms with Crippen LogP contribution in [0.2, 0.25) is 0 Å². The van der Waals surface area contributed by atoms with Crippen LogP contribution in [-0.2, 0) is 0 Å². The van der Waals surface area contributed by atoms with E-state index in [0.717, 1.165) is 5.37 Å². The van der Waals surface area contributed by atoms with E-state index in [0.29, 0.717) is 6.42 Å². The minimum absolute atomic E-state index is 0.00417. The fourth-order valence-corrected chi connectivity index (χ4v) is 1.37. The van der Waals surface area contributed by atoms with Gasteiger partial charge in [-0.1, -0.05) is 24.4 Å². The zero-order valence-corrected chi connectivity index (χ0v) is 7.15. The molecule has 1 aliphatic rings. The molecule has 0 amide bonds. The molecule has 1 rings (SSSR count). The second-order valence-electron chi connectivity index (χ2n) is 2.73. The molecule has 0 spiro atoms. The first-order chi connectivity index (χ1) is 5.66. The molecular formula is C8H9F2NS. The van der Waals surface area contributed by atoms with E-state index in [-0.39, 0.29) is 5.71 Å². The molecule has 4 heteroatoms. The van der Waals surface area contributed by atoms with Crippen LogP contribution in [0.1, 0.15) is 6.42 Å². The zero-order valence-electron chi connectivity index (χ0n) is 6.34. The van der Waals surface area contributed by atoms with Crippen molar-refractivity contribution < 1.29 is 8.78 Å². The highest BCUT2D eigenvalue weighted by Gasteiger charge is 2.32. The molecule has 1 nitrogen and oxygen atoms in total.